The van der Waals surface area contributed by atoms with E-state index in [1.807, 2.05) is 14.7 Å². The quantitative estimate of drug-likeness (QED) is 0.820. The first kappa shape index (κ1) is 18.3. The molecule has 0 aromatic rings. The van der Waals surface area contributed by atoms with Gasteiger partial charge in [-0.1, -0.05) is 0 Å². The first-order valence-corrected chi connectivity index (χ1v) is 8.75. The molecule has 0 bridgehead atoms. The summed E-state index contributed by atoms with van der Waals surface area (Å²) >= 11 is 0. The maximum Gasteiger partial charge on any atom is 0.320 e. The van der Waals surface area contributed by atoms with Crippen LogP contribution >= 0.6 is 12.4 Å². The molecule has 2 atom stereocenters. The first-order valence-electron chi connectivity index (χ1n) is 8.75. The fraction of sp³-hybridized carbons (Fsp3) is 0.875. The Morgan fingerprint density at radius 2 is 1.57 bits per heavy atom. The highest BCUT2D eigenvalue weighted by atomic mass is 35.5. The Balaban J connectivity index is 0.00000192. The Hall–Kier alpha value is -1.01. The third-order valence-corrected chi connectivity index (χ3v) is 5.35. The molecule has 3 amide bonds. The van der Waals surface area contributed by atoms with Crippen molar-refractivity contribution in [3.8, 4) is 0 Å². The van der Waals surface area contributed by atoms with Crippen LogP contribution in [0.15, 0.2) is 0 Å². The third-order valence-electron chi connectivity index (χ3n) is 5.35. The molecule has 3 heterocycles. The minimum absolute atomic E-state index is 0. The average Bonchev–Trinajstić information content (AvgIpc) is 3.24. The summed E-state index contributed by atoms with van der Waals surface area (Å²) in [5.74, 6) is 0.180. The summed E-state index contributed by atoms with van der Waals surface area (Å²) in [5.41, 5.74) is 5.78. The van der Waals surface area contributed by atoms with Crippen LogP contribution in [0.4, 0.5) is 4.79 Å². The van der Waals surface area contributed by atoms with Crippen LogP contribution in [0, 0.1) is 5.92 Å². The van der Waals surface area contributed by atoms with Gasteiger partial charge in [-0.05, 0) is 38.5 Å². The van der Waals surface area contributed by atoms with Gasteiger partial charge in [-0.15, -0.1) is 12.4 Å². The molecular weight excluding hydrogens is 316 g/mol. The lowest BCUT2D eigenvalue weighted by Gasteiger charge is -2.37. The van der Waals surface area contributed by atoms with E-state index in [-0.39, 0.29) is 36.3 Å². The molecule has 0 aliphatic carbocycles. The summed E-state index contributed by atoms with van der Waals surface area (Å²) in [4.78, 5) is 31.1. The molecule has 0 radical (unpaired) electrons. The predicted molar refractivity (Wildman–Crippen MR) is 91.5 cm³/mol. The number of nitrogens with two attached hydrogens (primary N) is 1. The standard InChI is InChI=1S/C16H28N4O2.ClH/c17-11-14-6-4-10-20(14)15(21)13-5-3-9-19(12-13)16(22)18-7-1-2-8-18;/h13-14H,1-12,17H2;1H. The number of piperidine rings is 1. The summed E-state index contributed by atoms with van der Waals surface area (Å²) in [6, 6.07) is 0.337. The zero-order valence-electron chi connectivity index (χ0n) is 13.8. The van der Waals surface area contributed by atoms with Crippen LogP contribution in [0.5, 0.6) is 0 Å². The molecule has 23 heavy (non-hydrogen) atoms. The number of hydrogen-bond acceptors (Lipinski definition) is 3. The van der Waals surface area contributed by atoms with E-state index in [1.165, 1.54) is 0 Å². The smallest absolute Gasteiger partial charge is 0.320 e. The van der Waals surface area contributed by atoms with Gasteiger partial charge < -0.3 is 20.4 Å². The van der Waals surface area contributed by atoms with Gasteiger partial charge in [0.1, 0.15) is 0 Å². The largest absolute Gasteiger partial charge is 0.338 e. The molecule has 2 N–H and O–H groups in total. The number of carbonyl (C=O) groups excluding carboxylic acids is 2. The summed E-state index contributed by atoms with van der Waals surface area (Å²) in [6.07, 6.45) is 6.11. The van der Waals surface area contributed by atoms with Gasteiger partial charge in [-0.25, -0.2) is 4.79 Å². The van der Waals surface area contributed by atoms with Gasteiger partial charge >= 0.3 is 6.03 Å². The monoisotopic (exact) mass is 344 g/mol. The molecular formula is C16H29ClN4O2. The third kappa shape index (κ3) is 3.91. The minimum Gasteiger partial charge on any atom is -0.338 e. The van der Waals surface area contributed by atoms with Crippen molar-refractivity contribution in [2.45, 2.75) is 44.6 Å². The molecule has 3 aliphatic rings. The minimum atomic E-state index is -0.0348. The van der Waals surface area contributed by atoms with Crippen LogP contribution in [0.3, 0.4) is 0 Å². The Labute approximate surface area is 144 Å². The van der Waals surface area contributed by atoms with Gasteiger partial charge in [-0.3, -0.25) is 4.79 Å². The number of hydrogen-bond donors (Lipinski definition) is 1. The molecule has 0 aromatic carbocycles. The number of rotatable bonds is 2. The van der Waals surface area contributed by atoms with Crippen LogP contribution in [0.25, 0.3) is 0 Å². The number of carbonyl (C=O) groups is 2. The van der Waals surface area contributed by atoms with Crippen LogP contribution in [0.2, 0.25) is 0 Å². The van der Waals surface area contributed by atoms with Crippen molar-refractivity contribution in [1.29, 1.82) is 0 Å². The second-order valence-corrected chi connectivity index (χ2v) is 6.83. The number of likely N-dealkylation sites (tertiary alicyclic amines) is 3. The maximum absolute atomic E-state index is 12.8. The number of halogens is 1. The molecule has 2 unspecified atom stereocenters. The summed E-state index contributed by atoms with van der Waals surface area (Å²) in [6.45, 7) is 4.50. The molecule has 132 valence electrons. The number of urea groups is 1. The Morgan fingerprint density at radius 3 is 2.26 bits per heavy atom. The highest BCUT2D eigenvalue weighted by molar-refractivity contribution is 5.85. The van der Waals surface area contributed by atoms with E-state index in [4.69, 9.17) is 5.73 Å². The van der Waals surface area contributed by atoms with E-state index in [2.05, 4.69) is 0 Å². The molecule has 0 saturated carbocycles. The summed E-state index contributed by atoms with van der Waals surface area (Å²) in [7, 11) is 0. The first-order chi connectivity index (χ1) is 10.7. The van der Waals surface area contributed by atoms with Gasteiger partial charge in [-0.2, -0.15) is 0 Å². The fourth-order valence-corrected chi connectivity index (χ4v) is 4.07. The Kier molecular flexibility index (Phi) is 6.53. The Bertz CT molecular complexity index is 428. The van der Waals surface area contributed by atoms with Gasteiger partial charge in [0.05, 0.1) is 5.92 Å². The lowest BCUT2D eigenvalue weighted by atomic mass is 9.96. The van der Waals surface area contributed by atoms with Crippen molar-refractivity contribution >= 4 is 24.3 Å². The van der Waals surface area contributed by atoms with E-state index in [0.29, 0.717) is 13.1 Å². The highest BCUT2D eigenvalue weighted by Gasteiger charge is 2.36. The molecule has 3 aliphatic heterocycles. The van der Waals surface area contributed by atoms with E-state index >= 15 is 0 Å². The van der Waals surface area contributed by atoms with Crippen LogP contribution in [-0.2, 0) is 4.79 Å². The molecule has 6 nitrogen and oxygen atoms in total. The van der Waals surface area contributed by atoms with E-state index in [1.54, 1.807) is 0 Å². The Morgan fingerprint density at radius 1 is 0.913 bits per heavy atom. The second kappa shape index (κ2) is 8.20. The number of amides is 3. The topological polar surface area (TPSA) is 69.9 Å². The average molecular weight is 345 g/mol. The zero-order chi connectivity index (χ0) is 15.5. The van der Waals surface area contributed by atoms with Crippen molar-refractivity contribution in [2.75, 3.05) is 39.3 Å². The maximum atomic E-state index is 12.8. The SMILES string of the molecule is Cl.NCC1CCCN1C(=O)C1CCCN(C(=O)N2CCCC2)C1. The molecule has 0 spiro atoms. The van der Waals surface area contributed by atoms with Crippen LogP contribution in [-0.4, -0.2) is 71.9 Å². The van der Waals surface area contributed by atoms with E-state index < -0.39 is 0 Å². The lowest BCUT2D eigenvalue weighted by Crippen LogP contribution is -2.51. The highest BCUT2D eigenvalue weighted by Crippen LogP contribution is 2.25. The molecule has 7 heteroatoms. The molecule has 3 fully saturated rings. The van der Waals surface area contributed by atoms with Crippen molar-refractivity contribution < 1.29 is 9.59 Å². The van der Waals surface area contributed by atoms with Gasteiger partial charge in [0.15, 0.2) is 0 Å². The van der Waals surface area contributed by atoms with Crippen LogP contribution < -0.4 is 5.73 Å². The zero-order valence-corrected chi connectivity index (χ0v) is 14.6. The summed E-state index contributed by atoms with van der Waals surface area (Å²) in [5, 5.41) is 0. The van der Waals surface area contributed by atoms with E-state index in [9.17, 15) is 9.59 Å². The number of nitrogens with zero attached hydrogens (tertiary/aromatic N) is 3. The van der Waals surface area contributed by atoms with Gasteiger partial charge in [0, 0.05) is 45.3 Å². The fourth-order valence-electron chi connectivity index (χ4n) is 4.07. The van der Waals surface area contributed by atoms with Crippen molar-refractivity contribution in [1.82, 2.24) is 14.7 Å². The molecule has 0 aromatic heterocycles. The van der Waals surface area contributed by atoms with Crippen molar-refractivity contribution in [3.63, 3.8) is 0 Å². The van der Waals surface area contributed by atoms with Crippen molar-refractivity contribution in [3.05, 3.63) is 0 Å². The summed E-state index contributed by atoms with van der Waals surface area (Å²) < 4.78 is 0. The second-order valence-electron chi connectivity index (χ2n) is 6.83. The predicted octanol–water partition coefficient (Wildman–Crippen LogP) is 1.29. The normalized spacial score (nSPS) is 28.0. The molecule has 3 rings (SSSR count). The van der Waals surface area contributed by atoms with Gasteiger partial charge in [0.2, 0.25) is 5.91 Å². The lowest BCUT2D eigenvalue weighted by molar-refractivity contribution is -0.137. The van der Waals surface area contributed by atoms with Crippen molar-refractivity contribution in [2.24, 2.45) is 11.7 Å². The van der Waals surface area contributed by atoms with Gasteiger partial charge in [0.25, 0.3) is 0 Å². The molecule has 3 saturated heterocycles. The van der Waals surface area contributed by atoms with Crippen LogP contribution in [0.1, 0.15) is 38.5 Å². The van der Waals surface area contributed by atoms with E-state index in [0.717, 1.165) is 64.7 Å².